The number of aromatic nitrogens is 2. The summed E-state index contributed by atoms with van der Waals surface area (Å²) in [5.74, 6) is 1.21. The van der Waals surface area contributed by atoms with Gasteiger partial charge in [0.1, 0.15) is 5.82 Å². The Balaban J connectivity index is 2.13. The number of hydrogen-bond donors (Lipinski definition) is 1. The molecule has 0 radical (unpaired) electrons. The highest BCUT2D eigenvalue weighted by Crippen LogP contribution is 2.28. The van der Waals surface area contributed by atoms with Crippen molar-refractivity contribution in [2.75, 3.05) is 11.9 Å². The molecule has 1 aromatic heterocycles. The Labute approximate surface area is 121 Å². The smallest absolute Gasteiger partial charge is 0.133 e. The number of hydrogen-bond acceptors (Lipinski definition) is 2. The summed E-state index contributed by atoms with van der Waals surface area (Å²) < 4.78 is 2.10. The molecule has 0 aliphatic carbocycles. The third kappa shape index (κ3) is 2.21. The van der Waals surface area contributed by atoms with Gasteiger partial charge in [0.15, 0.2) is 0 Å². The molecule has 0 amide bonds. The summed E-state index contributed by atoms with van der Waals surface area (Å²) in [6.07, 6.45) is 4.65. The minimum atomic E-state index is 1.00. The minimum absolute atomic E-state index is 1.00. The number of anilines is 1. The second-order valence-electron chi connectivity index (χ2n) is 5.69. The normalized spacial score (nSPS) is 14.6. The number of rotatable bonds is 2. The van der Waals surface area contributed by atoms with Crippen LogP contribution in [0.3, 0.4) is 0 Å². The molecule has 3 heteroatoms. The van der Waals surface area contributed by atoms with E-state index >= 15 is 0 Å². The fourth-order valence-electron chi connectivity index (χ4n) is 2.90. The van der Waals surface area contributed by atoms with Crippen LogP contribution < -0.4 is 5.32 Å². The van der Waals surface area contributed by atoms with Gasteiger partial charge in [0.2, 0.25) is 0 Å². The number of benzene rings is 1. The number of nitrogens with one attached hydrogen (secondary N) is 1. The van der Waals surface area contributed by atoms with Gasteiger partial charge in [-0.15, -0.1) is 0 Å². The molecule has 1 N–H and O–H groups in total. The van der Waals surface area contributed by atoms with Crippen LogP contribution in [-0.2, 0) is 12.8 Å². The van der Waals surface area contributed by atoms with E-state index in [-0.39, 0.29) is 0 Å². The fourth-order valence-corrected chi connectivity index (χ4v) is 2.90. The van der Waals surface area contributed by atoms with E-state index in [0.717, 1.165) is 19.4 Å². The zero-order valence-electron chi connectivity index (χ0n) is 12.7. The second kappa shape index (κ2) is 5.31. The maximum atomic E-state index is 4.85. The Hall–Kier alpha value is -1.77. The molecule has 2 heterocycles. The van der Waals surface area contributed by atoms with E-state index in [0.29, 0.717) is 0 Å². The molecular formula is C17H23N3. The summed E-state index contributed by atoms with van der Waals surface area (Å²) in [5, 5.41) is 8.43. The van der Waals surface area contributed by atoms with Crippen molar-refractivity contribution in [3.8, 4) is 5.69 Å². The van der Waals surface area contributed by atoms with Crippen LogP contribution in [0.1, 0.15) is 42.1 Å². The van der Waals surface area contributed by atoms with Crippen LogP contribution in [0.2, 0.25) is 0 Å². The van der Waals surface area contributed by atoms with E-state index in [9.17, 15) is 0 Å². The molecule has 0 fully saturated rings. The maximum Gasteiger partial charge on any atom is 0.133 e. The molecule has 20 heavy (non-hydrogen) atoms. The zero-order chi connectivity index (χ0) is 14.1. The van der Waals surface area contributed by atoms with Gasteiger partial charge in [-0.25, -0.2) is 4.68 Å². The van der Waals surface area contributed by atoms with Gasteiger partial charge in [-0.3, -0.25) is 0 Å². The summed E-state index contributed by atoms with van der Waals surface area (Å²) in [7, 11) is 0. The van der Waals surface area contributed by atoms with Gasteiger partial charge in [0, 0.05) is 12.1 Å². The van der Waals surface area contributed by atoms with Gasteiger partial charge < -0.3 is 5.32 Å². The highest BCUT2D eigenvalue weighted by Gasteiger charge is 2.19. The average Bonchev–Trinajstić information content (AvgIpc) is 2.63. The number of nitrogens with zero attached hydrogens (tertiary/aromatic N) is 2. The van der Waals surface area contributed by atoms with Crippen LogP contribution in [0.15, 0.2) is 18.2 Å². The topological polar surface area (TPSA) is 29.9 Å². The predicted octanol–water partition coefficient (Wildman–Crippen LogP) is 3.80. The van der Waals surface area contributed by atoms with Gasteiger partial charge in [-0.2, -0.15) is 5.10 Å². The maximum absolute atomic E-state index is 4.85. The van der Waals surface area contributed by atoms with Crippen molar-refractivity contribution in [2.24, 2.45) is 0 Å². The molecule has 0 saturated carbocycles. The lowest BCUT2D eigenvalue weighted by molar-refractivity contribution is 0.765. The molecule has 1 aromatic carbocycles. The standard InChI is InChI=1S/C17H23N3/c1-4-16-15-7-5-6-10-18-17(15)20(19-16)14-9-8-12(2)13(3)11-14/h8-9,11,18H,4-7,10H2,1-3H3. The first-order valence-corrected chi connectivity index (χ1v) is 7.63. The Morgan fingerprint density at radius 2 is 2.05 bits per heavy atom. The number of fused-ring (bicyclic) bond motifs is 1. The Morgan fingerprint density at radius 1 is 1.20 bits per heavy atom. The van der Waals surface area contributed by atoms with Crippen LogP contribution in [0, 0.1) is 13.8 Å². The van der Waals surface area contributed by atoms with Crippen molar-refractivity contribution >= 4 is 5.82 Å². The summed E-state index contributed by atoms with van der Waals surface area (Å²) in [6, 6.07) is 6.58. The predicted molar refractivity (Wildman–Crippen MR) is 83.8 cm³/mol. The van der Waals surface area contributed by atoms with E-state index < -0.39 is 0 Å². The molecule has 3 rings (SSSR count). The Bertz CT molecular complexity index is 625. The average molecular weight is 269 g/mol. The molecule has 1 aliphatic heterocycles. The molecule has 1 aliphatic rings. The van der Waals surface area contributed by atoms with Crippen molar-refractivity contribution in [3.63, 3.8) is 0 Å². The Kier molecular flexibility index (Phi) is 3.51. The monoisotopic (exact) mass is 269 g/mol. The van der Waals surface area contributed by atoms with E-state index in [1.807, 2.05) is 0 Å². The minimum Gasteiger partial charge on any atom is -0.370 e. The first-order valence-electron chi connectivity index (χ1n) is 7.63. The molecule has 0 spiro atoms. The second-order valence-corrected chi connectivity index (χ2v) is 5.69. The molecule has 3 nitrogen and oxygen atoms in total. The third-order valence-corrected chi connectivity index (χ3v) is 4.28. The molecule has 2 aromatic rings. The van der Waals surface area contributed by atoms with Crippen LogP contribution >= 0.6 is 0 Å². The summed E-state index contributed by atoms with van der Waals surface area (Å²) in [6.45, 7) is 7.55. The van der Waals surface area contributed by atoms with Crippen molar-refractivity contribution in [3.05, 3.63) is 40.6 Å². The van der Waals surface area contributed by atoms with Gasteiger partial charge in [0.25, 0.3) is 0 Å². The molecule has 0 atom stereocenters. The Morgan fingerprint density at radius 3 is 2.80 bits per heavy atom. The summed E-state index contributed by atoms with van der Waals surface area (Å²) >= 11 is 0. The van der Waals surface area contributed by atoms with Crippen molar-refractivity contribution in [1.29, 1.82) is 0 Å². The third-order valence-electron chi connectivity index (χ3n) is 4.28. The van der Waals surface area contributed by atoms with Crippen molar-refractivity contribution < 1.29 is 0 Å². The quantitative estimate of drug-likeness (QED) is 0.898. The van der Waals surface area contributed by atoms with E-state index in [1.165, 1.54) is 46.7 Å². The largest absolute Gasteiger partial charge is 0.370 e. The first-order chi connectivity index (χ1) is 9.70. The fraction of sp³-hybridized carbons (Fsp3) is 0.471. The van der Waals surface area contributed by atoms with Crippen LogP contribution in [0.25, 0.3) is 5.69 Å². The molecule has 0 bridgehead atoms. The molecule has 106 valence electrons. The van der Waals surface area contributed by atoms with Crippen LogP contribution in [0.5, 0.6) is 0 Å². The van der Waals surface area contributed by atoms with Crippen molar-refractivity contribution in [2.45, 2.75) is 46.5 Å². The highest BCUT2D eigenvalue weighted by atomic mass is 15.3. The van der Waals surface area contributed by atoms with Crippen LogP contribution in [0.4, 0.5) is 5.82 Å². The van der Waals surface area contributed by atoms with Gasteiger partial charge >= 0.3 is 0 Å². The van der Waals surface area contributed by atoms with Crippen molar-refractivity contribution in [1.82, 2.24) is 9.78 Å². The lowest BCUT2D eigenvalue weighted by Gasteiger charge is -2.11. The lowest BCUT2D eigenvalue weighted by Crippen LogP contribution is -2.07. The lowest BCUT2D eigenvalue weighted by atomic mass is 10.1. The van der Waals surface area contributed by atoms with E-state index in [4.69, 9.17) is 5.10 Å². The van der Waals surface area contributed by atoms with E-state index in [2.05, 4.69) is 49.0 Å². The molecule has 0 unspecified atom stereocenters. The summed E-state index contributed by atoms with van der Waals surface area (Å²) in [4.78, 5) is 0. The van der Waals surface area contributed by atoms with Gasteiger partial charge in [-0.05, 0) is 62.8 Å². The molecule has 0 saturated heterocycles. The SMILES string of the molecule is CCc1nn(-c2ccc(C)c(C)c2)c2c1CCCCN2. The molecular weight excluding hydrogens is 246 g/mol. The van der Waals surface area contributed by atoms with Gasteiger partial charge in [-0.1, -0.05) is 13.0 Å². The van der Waals surface area contributed by atoms with Crippen LogP contribution in [-0.4, -0.2) is 16.3 Å². The van der Waals surface area contributed by atoms with E-state index in [1.54, 1.807) is 0 Å². The first kappa shape index (κ1) is 13.2. The van der Waals surface area contributed by atoms with Gasteiger partial charge in [0.05, 0.1) is 11.4 Å². The highest BCUT2D eigenvalue weighted by molar-refractivity contribution is 5.55. The summed E-state index contributed by atoms with van der Waals surface area (Å²) in [5.41, 5.74) is 6.48. The number of aryl methyl sites for hydroxylation is 3. The zero-order valence-corrected chi connectivity index (χ0v) is 12.7.